The van der Waals surface area contributed by atoms with Gasteiger partial charge in [-0.1, -0.05) is 18.6 Å². The van der Waals surface area contributed by atoms with Crippen LogP contribution in [0.4, 0.5) is 0 Å². The van der Waals surface area contributed by atoms with Gasteiger partial charge in [0.2, 0.25) is 5.91 Å². The van der Waals surface area contributed by atoms with Crippen LogP contribution >= 0.6 is 0 Å². The fraction of sp³-hybridized carbons (Fsp3) is 0.556. The number of amides is 1. The van der Waals surface area contributed by atoms with E-state index in [1.54, 1.807) is 12.1 Å². The molecule has 2 bridgehead atoms. The second-order valence-electron chi connectivity index (χ2n) is 7.12. The normalized spacial score (nSPS) is 27.4. The summed E-state index contributed by atoms with van der Waals surface area (Å²) in [5.74, 6) is 1.64. The molecule has 0 saturated heterocycles. The monoisotopic (exact) mass is 314 g/mol. The maximum atomic E-state index is 12.4. The zero-order valence-electron chi connectivity index (χ0n) is 13.3. The molecule has 5 nitrogen and oxygen atoms in total. The number of fused-ring (bicyclic) bond motifs is 3. The molecule has 1 aromatic heterocycles. The minimum absolute atomic E-state index is 0.0149. The van der Waals surface area contributed by atoms with E-state index in [0.29, 0.717) is 17.0 Å². The zero-order valence-corrected chi connectivity index (χ0v) is 13.3. The minimum atomic E-state index is -0.478. The van der Waals surface area contributed by atoms with Gasteiger partial charge in [-0.3, -0.25) is 9.36 Å². The summed E-state index contributed by atoms with van der Waals surface area (Å²) < 4.78 is 6.57. The number of benzene rings is 1. The smallest absolute Gasteiger partial charge is 0.408 e. The van der Waals surface area contributed by atoms with Crippen molar-refractivity contribution in [1.82, 2.24) is 9.88 Å². The highest BCUT2D eigenvalue weighted by Crippen LogP contribution is 2.49. The van der Waals surface area contributed by atoms with E-state index < -0.39 is 5.76 Å². The van der Waals surface area contributed by atoms with Crippen LogP contribution in [0.3, 0.4) is 0 Å². The maximum Gasteiger partial charge on any atom is 0.420 e. The molecule has 0 radical (unpaired) electrons. The Bertz CT molecular complexity index is 791. The molecule has 2 saturated carbocycles. The fourth-order valence-electron chi connectivity index (χ4n) is 4.62. The van der Waals surface area contributed by atoms with Crippen LogP contribution in [0.5, 0.6) is 0 Å². The summed E-state index contributed by atoms with van der Waals surface area (Å²) in [5, 5.41) is 3.10. The molecule has 4 atom stereocenters. The quantitative estimate of drug-likeness (QED) is 0.943. The number of oxazole rings is 1. The number of aromatic nitrogens is 1. The van der Waals surface area contributed by atoms with Gasteiger partial charge in [0.25, 0.3) is 0 Å². The Hall–Kier alpha value is -2.04. The third kappa shape index (κ3) is 2.58. The molecule has 5 heteroatoms. The summed E-state index contributed by atoms with van der Waals surface area (Å²) >= 11 is 0. The predicted molar refractivity (Wildman–Crippen MR) is 87.0 cm³/mol. The summed E-state index contributed by atoms with van der Waals surface area (Å²) in [6.45, 7) is 2.11. The summed E-state index contributed by atoms with van der Waals surface area (Å²) in [5.41, 5.74) is 1.19. The van der Waals surface area contributed by atoms with E-state index in [-0.39, 0.29) is 18.5 Å². The van der Waals surface area contributed by atoms with Crippen molar-refractivity contribution in [3.8, 4) is 0 Å². The molecule has 2 aliphatic carbocycles. The topological polar surface area (TPSA) is 64.2 Å². The molecule has 1 N–H and O–H groups in total. The van der Waals surface area contributed by atoms with Gasteiger partial charge in [-0.25, -0.2) is 4.79 Å². The van der Waals surface area contributed by atoms with Crippen molar-refractivity contribution in [2.75, 3.05) is 0 Å². The van der Waals surface area contributed by atoms with Gasteiger partial charge < -0.3 is 9.73 Å². The summed E-state index contributed by atoms with van der Waals surface area (Å²) in [6, 6.07) is 7.36. The Morgan fingerprint density at radius 3 is 2.91 bits per heavy atom. The van der Waals surface area contributed by atoms with Crippen molar-refractivity contribution in [2.24, 2.45) is 17.8 Å². The van der Waals surface area contributed by atoms with Crippen LogP contribution in [0, 0.1) is 17.8 Å². The number of nitrogens with zero attached hydrogens (tertiary/aromatic N) is 1. The molecule has 1 aromatic carbocycles. The third-order valence-electron chi connectivity index (χ3n) is 5.70. The number of hydrogen-bond acceptors (Lipinski definition) is 3. The largest absolute Gasteiger partial charge is 0.420 e. The molecular weight excluding hydrogens is 292 g/mol. The highest BCUT2D eigenvalue weighted by atomic mass is 16.4. The lowest BCUT2D eigenvalue weighted by Gasteiger charge is -2.28. The van der Waals surface area contributed by atoms with E-state index in [2.05, 4.69) is 12.2 Å². The van der Waals surface area contributed by atoms with Gasteiger partial charge >= 0.3 is 5.76 Å². The average Bonchev–Trinajstić information content (AvgIpc) is 3.22. The molecule has 1 heterocycles. The van der Waals surface area contributed by atoms with E-state index in [1.165, 1.54) is 30.3 Å². The molecule has 1 amide bonds. The molecule has 2 fully saturated rings. The Balaban J connectivity index is 1.45. The van der Waals surface area contributed by atoms with Crippen LogP contribution < -0.4 is 11.1 Å². The van der Waals surface area contributed by atoms with Gasteiger partial charge in [0, 0.05) is 6.04 Å². The highest BCUT2D eigenvalue weighted by molar-refractivity contribution is 5.79. The van der Waals surface area contributed by atoms with Crippen molar-refractivity contribution in [3.63, 3.8) is 0 Å². The first-order valence-electron chi connectivity index (χ1n) is 8.49. The zero-order chi connectivity index (χ0) is 16.0. The van der Waals surface area contributed by atoms with Gasteiger partial charge in [-0.15, -0.1) is 0 Å². The van der Waals surface area contributed by atoms with E-state index in [9.17, 15) is 9.59 Å². The lowest BCUT2D eigenvalue weighted by molar-refractivity contribution is -0.122. The van der Waals surface area contributed by atoms with E-state index >= 15 is 0 Å². The van der Waals surface area contributed by atoms with Crippen LogP contribution in [-0.4, -0.2) is 16.5 Å². The first kappa shape index (κ1) is 14.5. The number of carbonyl (C=O) groups excluding carboxylic acids is 1. The Labute approximate surface area is 134 Å². The second kappa shape index (κ2) is 5.55. The maximum absolute atomic E-state index is 12.4. The first-order valence-corrected chi connectivity index (χ1v) is 8.49. The molecule has 2 aromatic rings. The first-order chi connectivity index (χ1) is 11.1. The molecule has 0 aliphatic heterocycles. The summed E-state index contributed by atoms with van der Waals surface area (Å²) in [7, 11) is 0. The Morgan fingerprint density at radius 1 is 1.35 bits per heavy atom. The third-order valence-corrected chi connectivity index (χ3v) is 5.70. The summed E-state index contributed by atoms with van der Waals surface area (Å²) in [4.78, 5) is 24.3. The van der Waals surface area contributed by atoms with Crippen molar-refractivity contribution < 1.29 is 9.21 Å². The van der Waals surface area contributed by atoms with Gasteiger partial charge in [0.1, 0.15) is 6.54 Å². The number of hydrogen-bond donors (Lipinski definition) is 1. The second-order valence-corrected chi connectivity index (χ2v) is 7.12. The number of carbonyl (C=O) groups is 1. The van der Waals surface area contributed by atoms with Crippen LogP contribution in [0.2, 0.25) is 0 Å². The lowest BCUT2D eigenvalue weighted by Crippen LogP contribution is -2.42. The lowest BCUT2D eigenvalue weighted by atomic mass is 9.84. The molecular formula is C18H22N2O3. The molecule has 0 spiro atoms. The van der Waals surface area contributed by atoms with Crippen molar-refractivity contribution in [1.29, 1.82) is 0 Å². The standard InChI is InChI=1S/C18H22N2O3/c1-11(14-9-12-6-7-13(14)8-12)19-17(21)10-20-15-4-2-3-5-16(15)23-18(20)22/h2-5,11-14H,6-10H2,1H3,(H,19,21)/t11-,12-,13-,14-/m0/s1. The van der Waals surface area contributed by atoms with Crippen molar-refractivity contribution in [3.05, 3.63) is 34.8 Å². The fourth-order valence-corrected chi connectivity index (χ4v) is 4.62. The SMILES string of the molecule is C[C@H](NC(=O)Cn1c(=O)oc2ccccc21)[C@@H]1C[C@H]2CC[C@H]1C2. The number of nitrogens with one attached hydrogen (secondary N) is 1. The number of para-hydroxylation sites is 2. The Kier molecular flexibility index (Phi) is 3.51. The molecule has 23 heavy (non-hydrogen) atoms. The van der Waals surface area contributed by atoms with Gasteiger partial charge in [-0.2, -0.15) is 0 Å². The van der Waals surface area contributed by atoms with Crippen molar-refractivity contribution in [2.45, 2.75) is 45.2 Å². The van der Waals surface area contributed by atoms with E-state index in [0.717, 1.165) is 11.8 Å². The minimum Gasteiger partial charge on any atom is -0.408 e. The Morgan fingerprint density at radius 2 is 2.17 bits per heavy atom. The average molecular weight is 314 g/mol. The molecule has 0 unspecified atom stereocenters. The van der Waals surface area contributed by atoms with Crippen LogP contribution in [-0.2, 0) is 11.3 Å². The molecule has 122 valence electrons. The van der Waals surface area contributed by atoms with E-state index in [4.69, 9.17) is 4.42 Å². The van der Waals surface area contributed by atoms with Crippen molar-refractivity contribution >= 4 is 17.0 Å². The van der Waals surface area contributed by atoms with E-state index in [1.807, 2.05) is 12.1 Å². The van der Waals surface area contributed by atoms with Crippen LogP contribution in [0.15, 0.2) is 33.5 Å². The van der Waals surface area contributed by atoms with Gasteiger partial charge in [0.05, 0.1) is 5.52 Å². The van der Waals surface area contributed by atoms with Crippen LogP contribution in [0.1, 0.15) is 32.6 Å². The van der Waals surface area contributed by atoms with Gasteiger partial charge in [0.15, 0.2) is 5.58 Å². The molecule has 4 rings (SSSR count). The highest BCUT2D eigenvalue weighted by Gasteiger charge is 2.42. The predicted octanol–water partition coefficient (Wildman–Crippen LogP) is 2.54. The van der Waals surface area contributed by atoms with Gasteiger partial charge in [-0.05, 0) is 56.1 Å². The van der Waals surface area contributed by atoms with Crippen LogP contribution in [0.25, 0.3) is 11.1 Å². The number of rotatable bonds is 4. The molecule has 2 aliphatic rings. The summed E-state index contributed by atoms with van der Waals surface area (Å²) in [6.07, 6.45) is 5.23.